The van der Waals surface area contributed by atoms with Gasteiger partial charge in [0.25, 0.3) is 0 Å². The first-order chi connectivity index (χ1) is 15.9. The van der Waals surface area contributed by atoms with Crippen LogP contribution in [-0.4, -0.2) is 71.9 Å². The van der Waals surface area contributed by atoms with Crippen molar-refractivity contribution in [3.8, 4) is 6.07 Å². The Morgan fingerprint density at radius 3 is 2.73 bits per heavy atom. The van der Waals surface area contributed by atoms with Crippen molar-refractivity contribution in [1.82, 2.24) is 14.8 Å². The quantitative estimate of drug-likeness (QED) is 0.686. The number of nitrogens with zero attached hydrogens (tertiary/aromatic N) is 5. The molecule has 1 atom stereocenters. The minimum atomic E-state index is -0.402. The SMILES string of the molecule is Cc1nc(C#N)c(N2CCN(C(=O)CN3CCCC3C(=O)Nc3cc(Cl)ccc3Cl)CC2)o1. The molecule has 9 nitrogen and oxygen atoms in total. The summed E-state index contributed by atoms with van der Waals surface area (Å²) in [6.07, 6.45) is 1.51. The predicted molar refractivity (Wildman–Crippen MR) is 124 cm³/mol. The number of oxazole rings is 1. The molecule has 4 rings (SSSR count). The third kappa shape index (κ3) is 5.24. The lowest BCUT2D eigenvalue weighted by molar-refractivity contribution is -0.133. The highest BCUT2D eigenvalue weighted by atomic mass is 35.5. The largest absolute Gasteiger partial charge is 0.424 e. The van der Waals surface area contributed by atoms with Crippen LogP contribution in [0.15, 0.2) is 22.6 Å². The van der Waals surface area contributed by atoms with Gasteiger partial charge in [-0.25, -0.2) is 4.98 Å². The Kier molecular flexibility index (Phi) is 7.08. The van der Waals surface area contributed by atoms with E-state index in [0.717, 1.165) is 6.42 Å². The summed E-state index contributed by atoms with van der Waals surface area (Å²) in [6, 6.07) is 6.55. The fourth-order valence-electron chi connectivity index (χ4n) is 4.26. The van der Waals surface area contributed by atoms with E-state index in [-0.39, 0.29) is 24.1 Å². The molecule has 3 heterocycles. The molecule has 11 heteroatoms. The Morgan fingerprint density at radius 1 is 1.24 bits per heavy atom. The van der Waals surface area contributed by atoms with Gasteiger partial charge in [-0.3, -0.25) is 14.5 Å². The first-order valence-corrected chi connectivity index (χ1v) is 11.5. The zero-order valence-electron chi connectivity index (χ0n) is 18.2. The maximum atomic E-state index is 13.0. The van der Waals surface area contributed by atoms with Crippen molar-refractivity contribution >= 4 is 46.6 Å². The standard InChI is InChI=1S/C22H24Cl2N6O3/c1-14-26-18(12-25)22(33-14)29-9-7-28(8-10-29)20(31)13-30-6-2-3-19(30)21(32)27-17-11-15(23)4-5-16(17)24/h4-5,11,19H,2-3,6-10,13H2,1H3,(H,27,32). The summed E-state index contributed by atoms with van der Waals surface area (Å²) in [6.45, 7) is 4.66. The van der Waals surface area contributed by atoms with Gasteiger partial charge in [-0.05, 0) is 37.6 Å². The van der Waals surface area contributed by atoms with E-state index in [2.05, 4.69) is 10.3 Å². The lowest BCUT2D eigenvalue weighted by Crippen LogP contribution is -2.52. The number of benzene rings is 1. The number of likely N-dealkylation sites (tertiary alicyclic amines) is 1. The van der Waals surface area contributed by atoms with Crippen molar-refractivity contribution < 1.29 is 14.0 Å². The third-order valence-corrected chi connectivity index (χ3v) is 6.50. The van der Waals surface area contributed by atoms with E-state index in [4.69, 9.17) is 27.6 Å². The molecule has 0 saturated carbocycles. The van der Waals surface area contributed by atoms with Gasteiger partial charge < -0.3 is 19.5 Å². The predicted octanol–water partition coefficient (Wildman–Crippen LogP) is 2.91. The second kappa shape index (κ2) is 10.00. The van der Waals surface area contributed by atoms with Crippen LogP contribution < -0.4 is 10.2 Å². The van der Waals surface area contributed by atoms with Gasteiger partial charge in [0.2, 0.25) is 23.4 Å². The molecular weight excluding hydrogens is 467 g/mol. The third-order valence-electron chi connectivity index (χ3n) is 5.93. The Bertz CT molecular complexity index is 1090. The number of rotatable bonds is 5. The minimum absolute atomic E-state index is 0.0237. The normalized spacial score (nSPS) is 18.9. The summed E-state index contributed by atoms with van der Waals surface area (Å²) >= 11 is 12.2. The highest BCUT2D eigenvalue weighted by Gasteiger charge is 2.34. The number of hydrogen-bond donors (Lipinski definition) is 1. The van der Waals surface area contributed by atoms with E-state index in [9.17, 15) is 14.9 Å². The van der Waals surface area contributed by atoms with E-state index in [0.29, 0.717) is 66.7 Å². The molecular formula is C22H24Cl2N6O3. The van der Waals surface area contributed by atoms with Gasteiger partial charge in [0.05, 0.1) is 23.3 Å². The number of aryl methyl sites for hydroxylation is 1. The molecule has 2 saturated heterocycles. The molecule has 2 aliphatic rings. The Labute approximate surface area is 201 Å². The second-order valence-corrected chi connectivity index (χ2v) is 8.95. The highest BCUT2D eigenvalue weighted by Crippen LogP contribution is 2.27. The van der Waals surface area contributed by atoms with Gasteiger partial charge >= 0.3 is 0 Å². The first-order valence-electron chi connectivity index (χ1n) is 10.8. The van der Waals surface area contributed by atoms with Crippen molar-refractivity contribution in [2.24, 2.45) is 0 Å². The molecule has 1 aromatic heterocycles. The molecule has 1 unspecified atom stereocenters. The molecule has 2 fully saturated rings. The number of aromatic nitrogens is 1. The van der Waals surface area contributed by atoms with Gasteiger partial charge in [-0.2, -0.15) is 5.26 Å². The maximum absolute atomic E-state index is 13.0. The molecule has 1 aromatic carbocycles. The van der Waals surface area contributed by atoms with Gasteiger partial charge in [0, 0.05) is 38.1 Å². The summed E-state index contributed by atoms with van der Waals surface area (Å²) in [7, 11) is 0. The van der Waals surface area contributed by atoms with E-state index in [1.54, 1.807) is 30.0 Å². The number of carbonyl (C=O) groups is 2. The van der Waals surface area contributed by atoms with Crippen LogP contribution in [0.1, 0.15) is 24.4 Å². The second-order valence-electron chi connectivity index (χ2n) is 8.11. The number of nitrogens with one attached hydrogen (secondary N) is 1. The van der Waals surface area contributed by atoms with Gasteiger partial charge in [-0.1, -0.05) is 23.2 Å². The van der Waals surface area contributed by atoms with E-state index >= 15 is 0 Å². The van der Waals surface area contributed by atoms with Gasteiger partial charge in [-0.15, -0.1) is 0 Å². The molecule has 2 amide bonds. The summed E-state index contributed by atoms with van der Waals surface area (Å²) in [4.78, 5) is 35.5. The monoisotopic (exact) mass is 490 g/mol. The van der Waals surface area contributed by atoms with Crippen LogP contribution in [0.4, 0.5) is 11.6 Å². The summed E-state index contributed by atoms with van der Waals surface area (Å²) in [5, 5.41) is 13.0. The van der Waals surface area contributed by atoms with E-state index < -0.39 is 6.04 Å². The molecule has 2 aliphatic heterocycles. The van der Waals surface area contributed by atoms with Crippen LogP contribution in [0, 0.1) is 18.3 Å². The smallest absolute Gasteiger partial charge is 0.241 e. The van der Waals surface area contributed by atoms with Crippen LogP contribution in [0.5, 0.6) is 0 Å². The number of piperazine rings is 1. The molecule has 0 spiro atoms. The van der Waals surface area contributed by atoms with E-state index in [1.807, 2.05) is 15.9 Å². The number of carbonyl (C=O) groups excluding carboxylic acids is 2. The molecule has 33 heavy (non-hydrogen) atoms. The maximum Gasteiger partial charge on any atom is 0.241 e. The zero-order chi connectivity index (χ0) is 23.5. The van der Waals surface area contributed by atoms with Crippen LogP contribution in [0.3, 0.4) is 0 Å². The minimum Gasteiger partial charge on any atom is -0.424 e. The average Bonchev–Trinajstić information content (AvgIpc) is 3.42. The lowest BCUT2D eigenvalue weighted by Gasteiger charge is -2.35. The first kappa shape index (κ1) is 23.4. The Hall–Kier alpha value is -2.80. The lowest BCUT2D eigenvalue weighted by atomic mass is 10.2. The molecule has 1 N–H and O–H groups in total. The van der Waals surface area contributed by atoms with Crippen molar-refractivity contribution in [1.29, 1.82) is 5.26 Å². The average molecular weight is 491 g/mol. The van der Waals surface area contributed by atoms with Crippen LogP contribution in [-0.2, 0) is 9.59 Å². The Morgan fingerprint density at radius 2 is 2.00 bits per heavy atom. The number of halogens is 2. The number of anilines is 2. The zero-order valence-corrected chi connectivity index (χ0v) is 19.7. The molecule has 0 bridgehead atoms. The highest BCUT2D eigenvalue weighted by molar-refractivity contribution is 6.35. The molecule has 174 valence electrons. The van der Waals surface area contributed by atoms with Gasteiger partial charge in [0.15, 0.2) is 5.89 Å². The molecule has 2 aromatic rings. The topological polar surface area (TPSA) is 106 Å². The summed E-state index contributed by atoms with van der Waals surface area (Å²) in [5.74, 6) is 0.680. The fourth-order valence-corrected chi connectivity index (χ4v) is 4.59. The number of nitriles is 1. The van der Waals surface area contributed by atoms with Crippen molar-refractivity contribution in [2.75, 3.05) is 49.5 Å². The fraction of sp³-hybridized carbons (Fsp3) is 0.455. The van der Waals surface area contributed by atoms with Crippen LogP contribution >= 0.6 is 23.2 Å². The number of amides is 2. The van der Waals surface area contributed by atoms with Crippen LogP contribution in [0.25, 0.3) is 0 Å². The molecule has 0 aliphatic carbocycles. The van der Waals surface area contributed by atoms with Crippen molar-refractivity contribution in [2.45, 2.75) is 25.8 Å². The Balaban J connectivity index is 1.33. The summed E-state index contributed by atoms with van der Waals surface area (Å²) in [5.41, 5.74) is 0.723. The summed E-state index contributed by atoms with van der Waals surface area (Å²) < 4.78 is 5.57. The van der Waals surface area contributed by atoms with E-state index in [1.165, 1.54) is 0 Å². The van der Waals surface area contributed by atoms with Crippen LogP contribution in [0.2, 0.25) is 10.0 Å². The van der Waals surface area contributed by atoms with Crippen molar-refractivity contribution in [3.05, 3.63) is 39.8 Å². The number of hydrogen-bond acceptors (Lipinski definition) is 7. The van der Waals surface area contributed by atoms with Gasteiger partial charge in [0.1, 0.15) is 6.07 Å². The molecule has 0 radical (unpaired) electrons. The van der Waals surface area contributed by atoms with Crippen molar-refractivity contribution in [3.63, 3.8) is 0 Å².